The first-order chi connectivity index (χ1) is 10.6. The summed E-state index contributed by atoms with van der Waals surface area (Å²) in [5.74, 6) is -0.123. The molecule has 2 rings (SSSR count). The average Bonchev–Trinajstić information content (AvgIpc) is 2.44. The summed E-state index contributed by atoms with van der Waals surface area (Å²) in [7, 11) is -3.83. The lowest BCUT2D eigenvalue weighted by atomic mass is 10.0. The zero-order valence-corrected chi connectivity index (χ0v) is 15.3. The summed E-state index contributed by atoms with van der Waals surface area (Å²) >= 11 is 1.52. The van der Waals surface area contributed by atoms with Crippen LogP contribution < -0.4 is 5.48 Å². The average molecular weight is 358 g/mol. The Morgan fingerprint density at radius 3 is 2.39 bits per heavy atom. The number of hydrogen-bond donors (Lipinski definition) is 2. The fraction of sp³-hybridized carbons (Fsp3) is 0.533. The molecular weight excluding hydrogens is 336 g/mol. The van der Waals surface area contributed by atoms with Crippen molar-refractivity contribution in [2.24, 2.45) is 0 Å². The zero-order valence-electron chi connectivity index (χ0n) is 13.7. The van der Waals surface area contributed by atoms with E-state index in [4.69, 9.17) is 5.21 Å². The van der Waals surface area contributed by atoms with E-state index in [1.54, 1.807) is 31.5 Å². The van der Waals surface area contributed by atoms with Crippen LogP contribution in [0.1, 0.15) is 25.0 Å². The Kier molecular flexibility index (Phi) is 5.10. The monoisotopic (exact) mass is 358 g/mol. The van der Waals surface area contributed by atoms with Crippen LogP contribution in [0.4, 0.5) is 0 Å². The van der Waals surface area contributed by atoms with Crippen LogP contribution in [0, 0.1) is 13.8 Å². The van der Waals surface area contributed by atoms with Crippen molar-refractivity contribution in [1.82, 2.24) is 9.79 Å². The molecule has 0 bridgehead atoms. The Balaban J connectivity index is 2.53. The minimum atomic E-state index is -3.83. The van der Waals surface area contributed by atoms with Crippen molar-refractivity contribution < 1.29 is 18.4 Å². The van der Waals surface area contributed by atoms with E-state index in [0.717, 1.165) is 11.1 Å². The first kappa shape index (κ1) is 18.3. The summed E-state index contributed by atoms with van der Waals surface area (Å²) < 4.78 is 26.7. The lowest BCUT2D eigenvalue weighted by molar-refractivity contribution is -0.134. The number of carbonyl (C=O) groups excluding carboxylic acids is 1. The molecule has 1 aliphatic rings. The Hall–Kier alpha value is -1.09. The van der Waals surface area contributed by atoms with Crippen LogP contribution >= 0.6 is 11.8 Å². The molecule has 1 aliphatic heterocycles. The molecule has 1 fully saturated rings. The van der Waals surface area contributed by atoms with Gasteiger partial charge in [-0.1, -0.05) is 6.07 Å². The standard InChI is InChI=1S/C15H22N2O4S2/c1-10-7-11(2)9-12(8-10)23(20,21)17-5-6-22-15(3,4)13(17)14(18)16-19/h7-9,13,19H,5-6H2,1-4H3,(H,16,18). The van der Waals surface area contributed by atoms with Gasteiger partial charge in [0.25, 0.3) is 5.91 Å². The van der Waals surface area contributed by atoms with Gasteiger partial charge in [-0.05, 0) is 51.0 Å². The normalized spacial score (nSPS) is 21.9. The van der Waals surface area contributed by atoms with Crippen LogP contribution in [0.5, 0.6) is 0 Å². The van der Waals surface area contributed by atoms with Crippen LogP contribution in [0.15, 0.2) is 23.1 Å². The highest BCUT2D eigenvalue weighted by molar-refractivity contribution is 8.00. The summed E-state index contributed by atoms with van der Waals surface area (Å²) in [6.07, 6.45) is 0. The molecule has 1 heterocycles. The van der Waals surface area contributed by atoms with Gasteiger partial charge in [-0.25, -0.2) is 13.9 Å². The molecule has 0 aliphatic carbocycles. The number of amides is 1. The van der Waals surface area contributed by atoms with Crippen LogP contribution in [-0.4, -0.2) is 46.9 Å². The van der Waals surface area contributed by atoms with Crippen molar-refractivity contribution in [2.75, 3.05) is 12.3 Å². The van der Waals surface area contributed by atoms with Crippen molar-refractivity contribution in [2.45, 2.75) is 43.4 Å². The van der Waals surface area contributed by atoms with Crippen LogP contribution in [0.3, 0.4) is 0 Å². The number of nitrogens with zero attached hydrogens (tertiary/aromatic N) is 1. The molecule has 2 N–H and O–H groups in total. The molecule has 1 aromatic rings. The number of hydrogen-bond acceptors (Lipinski definition) is 5. The van der Waals surface area contributed by atoms with Gasteiger partial charge in [-0.3, -0.25) is 10.0 Å². The second-order valence-corrected chi connectivity index (χ2v) is 9.91. The lowest BCUT2D eigenvalue weighted by Gasteiger charge is -2.43. The van der Waals surface area contributed by atoms with Crippen molar-refractivity contribution in [3.8, 4) is 0 Å². The highest BCUT2D eigenvalue weighted by Gasteiger charge is 2.48. The Morgan fingerprint density at radius 2 is 1.87 bits per heavy atom. The van der Waals surface area contributed by atoms with Crippen molar-refractivity contribution in [1.29, 1.82) is 0 Å². The number of rotatable bonds is 3. The highest BCUT2D eigenvalue weighted by atomic mass is 32.2. The second-order valence-electron chi connectivity index (χ2n) is 6.27. The van der Waals surface area contributed by atoms with Crippen molar-refractivity contribution >= 4 is 27.7 Å². The minimum Gasteiger partial charge on any atom is -0.289 e. The van der Waals surface area contributed by atoms with E-state index in [1.807, 2.05) is 19.9 Å². The van der Waals surface area contributed by atoms with Gasteiger partial charge in [0.05, 0.1) is 4.90 Å². The van der Waals surface area contributed by atoms with E-state index in [1.165, 1.54) is 16.1 Å². The number of sulfonamides is 1. The zero-order chi connectivity index (χ0) is 17.4. The van der Waals surface area contributed by atoms with Gasteiger partial charge in [-0.2, -0.15) is 16.1 Å². The van der Waals surface area contributed by atoms with E-state index >= 15 is 0 Å². The van der Waals surface area contributed by atoms with Gasteiger partial charge in [-0.15, -0.1) is 0 Å². The van der Waals surface area contributed by atoms with Gasteiger partial charge in [0.15, 0.2) is 0 Å². The van der Waals surface area contributed by atoms with E-state index < -0.39 is 26.7 Å². The molecule has 0 radical (unpaired) electrons. The van der Waals surface area contributed by atoms with Crippen molar-refractivity contribution in [3.05, 3.63) is 29.3 Å². The first-order valence-corrected chi connectivity index (χ1v) is 9.70. The Bertz CT molecular complexity index is 696. The Morgan fingerprint density at radius 1 is 1.30 bits per heavy atom. The number of benzene rings is 1. The molecule has 8 heteroatoms. The number of nitrogens with one attached hydrogen (secondary N) is 1. The largest absolute Gasteiger partial charge is 0.289 e. The SMILES string of the molecule is Cc1cc(C)cc(S(=O)(=O)N2CCSC(C)(C)C2C(=O)NO)c1. The molecule has 1 aromatic carbocycles. The molecule has 1 amide bonds. The highest BCUT2D eigenvalue weighted by Crippen LogP contribution is 2.38. The van der Waals surface area contributed by atoms with E-state index in [0.29, 0.717) is 5.75 Å². The maximum absolute atomic E-state index is 13.1. The van der Waals surface area contributed by atoms with Crippen LogP contribution in [-0.2, 0) is 14.8 Å². The third kappa shape index (κ3) is 3.55. The number of thioether (sulfide) groups is 1. The summed E-state index contributed by atoms with van der Waals surface area (Å²) in [5, 5.41) is 9.03. The maximum atomic E-state index is 13.1. The number of carbonyl (C=O) groups is 1. The van der Waals surface area contributed by atoms with Crippen LogP contribution in [0.25, 0.3) is 0 Å². The van der Waals surface area contributed by atoms with E-state index in [2.05, 4.69) is 0 Å². The molecule has 23 heavy (non-hydrogen) atoms. The summed E-state index contributed by atoms with van der Waals surface area (Å²) in [6.45, 7) is 7.50. The molecule has 1 saturated heterocycles. The molecule has 6 nitrogen and oxygen atoms in total. The number of hydroxylamine groups is 1. The van der Waals surface area contributed by atoms with Gasteiger partial charge in [0.2, 0.25) is 10.0 Å². The predicted octanol–water partition coefficient (Wildman–Crippen LogP) is 1.69. The van der Waals surface area contributed by atoms with E-state index in [-0.39, 0.29) is 11.4 Å². The smallest absolute Gasteiger partial charge is 0.263 e. The van der Waals surface area contributed by atoms with Gasteiger partial charge < -0.3 is 0 Å². The topological polar surface area (TPSA) is 86.7 Å². The third-order valence-corrected chi connectivity index (χ3v) is 7.09. The van der Waals surface area contributed by atoms with Gasteiger partial charge >= 0.3 is 0 Å². The second kappa shape index (κ2) is 6.43. The number of aryl methyl sites for hydroxylation is 2. The van der Waals surface area contributed by atoms with Gasteiger partial charge in [0, 0.05) is 17.0 Å². The molecule has 0 aromatic heterocycles. The Labute approximate surface area is 141 Å². The fourth-order valence-corrected chi connectivity index (χ4v) is 6.23. The first-order valence-electron chi connectivity index (χ1n) is 7.27. The lowest BCUT2D eigenvalue weighted by Crippen LogP contribution is -2.61. The molecular formula is C15H22N2O4S2. The summed E-state index contributed by atoms with van der Waals surface area (Å²) in [6, 6.07) is 4.13. The molecule has 1 unspecified atom stereocenters. The fourth-order valence-electron chi connectivity index (χ4n) is 2.94. The quantitative estimate of drug-likeness (QED) is 0.634. The molecule has 1 atom stereocenters. The molecule has 0 spiro atoms. The minimum absolute atomic E-state index is 0.174. The van der Waals surface area contributed by atoms with E-state index in [9.17, 15) is 13.2 Å². The predicted molar refractivity (Wildman–Crippen MR) is 90.1 cm³/mol. The van der Waals surface area contributed by atoms with Crippen molar-refractivity contribution in [3.63, 3.8) is 0 Å². The molecule has 0 saturated carbocycles. The summed E-state index contributed by atoms with van der Waals surface area (Å²) in [5.41, 5.74) is 3.30. The third-order valence-electron chi connectivity index (χ3n) is 3.89. The van der Waals surface area contributed by atoms with Gasteiger partial charge in [0.1, 0.15) is 6.04 Å². The maximum Gasteiger partial charge on any atom is 0.263 e. The van der Waals surface area contributed by atoms with Crippen LogP contribution in [0.2, 0.25) is 0 Å². The summed E-state index contributed by atoms with van der Waals surface area (Å²) in [4.78, 5) is 12.3. The molecule has 128 valence electrons.